The largest absolute Gasteiger partial charge is 0.508 e. The lowest BCUT2D eigenvalue weighted by Crippen LogP contribution is -2.62. The maximum absolute atomic E-state index is 14.8. The van der Waals surface area contributed by atoms with Crippen LogP contribution in [0.4, 0.5) is 0 Å². The van der Waals surface area contributed by atoms with E-state index in [9.17, 15) is 63.3 Å². The van der Waals surface area contributed by atoms with Crippen LogP contribution in [0.25, 0.3) is 0 Å². The molecule has 0 aromatic heterocycles. The number of benzene rings is 4. The highest BCUT2D eigenvalue weighted by atomic mass is 35.5. The normalized spacial score (nSPS) is 20.6. The fourth-order valence-electron chi connectivity index (χ4n) is 8.28. The van der Waals surface area contributed by atoms with Gasteiger partial charge in [0.15, 0.2) is 0 Å². The Bertz CT molecular complexity index is 2890. The van der Waals surface area contributed by atoms with Crippen molar-refractivity contribution in [2.45, 2.75) is 113 Å². The zero-order valence-electron chi connectivity index (χ0n) is 44.9. The molecular weight excluding hydrogens is 1120 g/mol. The molecule has 24 nitrogen and oxygen atoms in total. The lowest BCUT2D eigenvalue weighted by atomic mass is 10.00. The standard InChI is InChI=1S/C55H68ClN11O13S2/c1-29(68)46-55(80)66-45(53(78)62-41(48(59)73)24-33-10-18-37(70)19-11-33)28-82-81-27-44(65-49(74)39(57)23-31-8-16-36(56)17-9-31)54(79)64-43(26-34-12-20-38(71)21-13-34)52(77)63-42(25-32-6-14-35(15-7-32)47(58)72)51(76)61-40(50(75)67-46)5-3-4-22-60-30(2)69/h6-21,29,39-46,68,70-71H,3-5,22-28,57H2,1-2H3,(H2,58,72)(H2,59,73)(H,60,69)(H,61,76)(H,62,78)(H,63,77)(H,64,79)(H,65,74)(H,66,80)(H,67,75)/t29?,39-,40-,41+,42+,43-,44+,45-,46?/m0/s1. The van der Waals surface area contributed by atoms with Crippen molar-refractivity contribution in [2.75, 3.05) is 18.1 Å². The topological polar surface area (TPSA) is 406 Å². The number of aliphatic hydroxyl groups excluding tert-OH is 1. The molecule has 4 aromatic carbocycles. The van der Waals surface area contributed by atoms with E-state index in [-0.39, 0.29) is 79.5 Å². The van der Waals surface area contributed by atoms with E-state index in [1.165, 1.54) is 86.6 Å². The summed E-state index contributed by atoms with van der Waals surface area (Å²) < 4.78 is 0. The van der Waals surface area contributed by atoms with Crippen LogP contribution in [0, 0.1) is 0 Å². The van der Waals surface area contributed by atoms with E-state index >= 15 is 0 Å². The number of phenolic OH excluding ortho intramolecular Hbond substituents is 2. The summed E-state index contributed by atoms with van der Waals surface area (Å²) in [6.45, 7) is 2.70. The molecule has 440 valence electrons. The number of halogens is 1. The molecule has 1 aliphatic rings. The van der Waals surface area contributed by atoms with Crippen LogP contribution < -0.4 is 59.7 Å². The van der Waals surface area contributed by atoms with Crippen molar-refractivity contribution in [3.05, 3.63) is 130 Å². The summed E-state index contributed by atoms with van der Waals surface area (Å²) in [5.74, 6) is -9.34. The Labute approximate surface area is 485 Å². The molecule has 0 bridgehead atoms. The van der Waals surface area contributed by atoms with Crippen molar-refractivity contribution in [1.29, 1.82) is 0 Å². The van der Waals surface area contributed by atoms with Crippen LogP contribution >= 0.6 is 33.2 Å². The maximum Gasteiger partial charge on any atom is 0.248 e. The van der Waals surface area contributed by atoms with E-state index in [2.05, 4.69) is 42.5 Å². The predicted octanol–water partition coefficient (Wildman–Crippen LogP) is -0.591. The molecule has 0 spiro atoms. The number of aromatic hydroxyl groups is 2. The lowest BCUT2D eigenvalue weighted by Gasteiger charge is -2.29. The van der Waals surface area contributed by atoms with Gasteiger partial charge in [-0.2, -0.15) is 0 Å². The summed E-state index contributed by atoms with van der Waals surface area (Å²) >= 11 is 6.07. The zero-order chi connectivity index (χ0) is 60.0. The minimum Gasteiger partial charge on any atom is -0.508 e. The second kappa shape index (κ2) is 31.9. The van der Waals surface area contributed by atoms with Gasteiger partial charge in [0.25, 0.3) is 0 Å². The van der Waals surface area contributed by atoms with E-state index in [1.807, 2.05) is 0 Å². The zero-order valence-corrected chi connectivity index (χ0v) is 47.2. The number of nitrogens with two attached hydrogens (primary N) is 3. The summed E-state index contributed by atoms with van der Waals surface area (Å²) in [5, 5.41) is 52.4. The number of carbonyl (C=O) groups is 10. The molecule has 82 heavy (non-hydrogen) atoms. The molecule has 1 heterocycles. The number of rotatable bonds is 20. The summed E-state index contributed by atoms with van der Waals surface area (Å²) in [4.78, 5) is 137. The van der Waals surface area contributed by atoms with Crippen molar-refractivity contribution >= 4 is 92.3 Å². The number of phenols is 2. The Morgan fingerprint density at radius 1 is 0.646 bits per heavy atom. The molecule has 5 rings (SSSR count). The highest BCUT2D eigenvalue weighted by Gasteiger charge is 2.36. The van der Waals surface area contributed by atoms with Crippen molar-refractivity contribution < 1.29 is 63.3 Å². The van der Waals surface area contributed by atoms with Gasteiger partial charge in [-0.1, -0.05) is 81.7 Å². The van der Waals surface area contributed by atoms with E-state index in [0.717, 1.165) is 21.6 Å². The van der Waals surface area contributed by atoms with E-state index in [0.29, 0.717) is 33.7 Å². The van der Waals surface area contributed by atoms with E-state index in [1.54, 1.807) is 24.3 Å². The molecule has 0 saturated carbocycles. The average molecular weight is 1190 g/mol. The Hall–Kier alpha value is -7.91. The number of hydrogen-bond donors (Lipinski definition) is 14. The molecule has 2 unspecified atom stereocenters. The molecule has 0 aliphatic carbocycles. The molecule has 1 fully saturated rings. The number of carbonyl (C=O) groups excluding carboxylic acids is 10. The van der Waals surface area contributed by atoms with Crippen LogP contribution in [0.1, 0.15) is 65.7 Å². The first-order valence-electron chi connectivity index (χ1n) is 26.0. The number of unbranched alkanes of at least 4 members (excludes halogenated alkanes) is 1. The Morgan fingerprint density at radius 3 is 1.70 bits per heavy atom. The molecule has 17 N–H and O–H groups in total. The first-order chi connectivity index (χ1) is 38.9. The molecule has 0 radical (unpaired) electrons. The predicted molar refractivity (Wildman–Crippen MR) is 307 cm³/mol. The number of nitrogens with one attached hydrogen (secondary N) is 8. The monoisotopic (exact) mass is 1190 g/mol. The summed E-state index contributed by atoms with van der Waals surface area (Å²) in [5.41, 5.74) is 19.7. The van der Waals surface area contributed by atoms with Crippen molar-refractivity contribution in [3.8, 4) is 11.5 Å². The van der Waals surface area contributed by atoms with Gasteiger partial charge in [-0.3, -0.25) is 47.9 Å². The third-order valence-corrected chi connectivity index (χ3v) is 15.5. The first kappa shape index (κ1) is 64.9. The minimum atomic E-state index is -1.80. The molecule has 1 saturated heterocycles. The van der Waals surface area contributed by atoms with Gasteiger partial charge in [-0.05, 0) is 103 Å². The Balaban J connectivity index is 1.58. The van der Waals surface area contributed by atoms with Crippen molar-refractivity contribution in [2.24, 2.45) is 17.2 Å². The minimum absolute atomic E-state index is 0.0151. The molecule has 4 aromatic rings. The van der Waals surface area contributed by atoms with Crippen LogP contribution in [0.5, 0.6) is 11.5 Å². The van der Waals surface area contributed by atoms with Gasteiger partial charge in [0, 0.05) is 54.8 Å². The van der Waals surface area contributed by atoms with Gasteiger partial charge >= 0.3 is 0 Å². The number of hydrogen-bond acceptors (Lipinski definition) is 16. The maximum atomic E-state index is 14.8. The van der Waals surface area contributed by atoms with Crippen LogP contribution in [-0.4, -0.2) is 147 Å². The quantitative estimate of drug-likeness (QED) is 0.0388. The van der Waals surface area contributed by atoms with Gasteiger partial charge in [0.2, 0.25) is 59.1 Å². The number of primary amides is 2. The van der Waals surface area contributed by atoms with Gasteiger partial charge in [0.05, 0.1) is 12.1 Å². The summed E-state index contributed by atoms with van der Waals surface area (Å²) in [6, 6.07) is 11.8. The van der Waals surface area contributed by atoms with Crippen LogP contribution in [0.15, 0.2) is 97.1 Å². The van der Waals surface area contributed by atoms with E-state index < -0.39 is 108 Å². The average Bonchev–Trinajstić information content (AvgIpc) is 3.54. The highest BCUT2D eigenvalue weighted by molar-refractivity contribution is 8.76. The summed E-state index contributed by atoms with van der Waals surface area (Å²) in [6.07, 6.45) is -1.91. The van der Waals surface area contributed by atoms with Crippen molar-refractivity contribution in [3.63, 3.8) is 0 Å². The first-order valence-corrected chi connectivity index (χ1v) is 28.9. The fourth-order valence-corrected chi connectivity index (χ4v) is 10.7. The molecule has 10 amide bonds. The smallest absolute Gasteiger partial charge is 0.248 e. The van der Waals surface area contributed by atoms with Crippen LogP contribution in [0.2, 0.25) is 5.02 Å². The van der Waals surface area contributed by atoms with E-state index in [4.69, 9.17) is 28.8 Å². The second-order valence-corrected chi connectivity index (χ2v) is 22.5. The van der Waals surface area contributed by atoms with Crippen LogP contribution in [-0.2, 0) is 68.8 Å². The van der Waals surface area contributed by atoms with Gasteiger partial charge < -0.3 is 75.1 Å². The molecule has 27 heteroatoms. The van der Waals surface area contributed by atoms with Gasteiger partial charge in [-0.25, -0.2) is 0 Å². The molecule has 1 aliphatic heterocycles. The molecule has 9 atom stereocenters. The van der Waals surface area contributed by atoms with Gasteiger partial charge in [0.1, 0.15) is 53.8 Å². The fraction of sp³-hybridized carbons (Fsp3) is 0.382. The molecular formula is C55H68ClN11O13S2. The second-order valence-electron chi connectivity index (χ2n) is 19.5. The SMILES string of the molecule is CC(=O)NCCCC[C@@H]1NC(=O)[C@@H](Cc2ccc(C(N)=O)cc2)NC(=O)[C@H](Cc2ccc(O)cc2)NC(=O)[C@H](NC(=O)[C@@H](N)Cc2ccc(Cl)cc2)CSSC[C@@H](C(=O)N[C@H](Cc2ccc(O)cc2)C(N)=O)NC(=O)C(C(C)O)NC1=O. The summed E-state index contributed by atoms with van der Waals surface area (Å²) in [7, 11) is 1.88. The number of amides is 10. The third-order valence-electron chi connectivity index (χ3n) is 12.9. The Morgan fingerprint density at radius 2 is 1.15 bits per heavy atom. The number of aliphatic hydroxyl groups is 1. The highest BCUT2D eigenvalue weighted by Crippen LogP contribution is 2.24. The van der Waals surface area contributed by atoms with Gasteiger partial charge in [-0.15, -0.1) is 0 Å². The van der Waals surface area contributed by atoms with Crippen LogP contribution in [0.3, 0.4) is 0 Å². The lowest BCUT2D eigenvalue weighted by molar-refractivity contribution is -0.136. The van der Waals surface area contributed by atoms with Crippen molar-refractivity contribution in [1.82, 2.24) is 42.5 Å². The third kappa shape index (κ3) is 21.2. The Kier molecular flexibility index (Phi) is 25.3.